The molecule has 0 spiro atoms. The van der Waals surface area contributed by atoms with E-state index in [0.717, 1.165) is 12.0 Å². The van der Waals surface area contributed by atoms with Crippen molar-refractivity contribution in [2.75, 3.05) is 11.8 Å². The quantitative estimate of drug-likeness (QED) is 0.844. The fraction of sp³-hybridized carbons (Fsp3) is 0.278. The lowest BCUT2D eigenvalue weighted by molar-refractivity contribution is 0.275. The first-order chi connectivity index (χ1) is 11.8. The number of hydrogen-bond acceptors (Lipinski definition) is 5. The molecule has 1 N–H and O–H groups in total. The molecule has 1 heterocycles. The minimum Gasteiger partial charge on any atom is -0.500 e. The SMILES string of the molecule is COC1=C(S(=O)(=O)Nc2ccc3oc(=O)c(C)c(C)c3c2)C=CCC1. The maximum absolute atomic E-state index is 12.7. The molecule has 1 aliphatic rings. The summed E-state index contributed by atoms with van der Waals surface area (Å²) in [7, 11) is -2.31. The predicted octanol–water partition coefficient (Wildman–Crippen LogP) is 3.36. The third kappa shape index (κ3) is 3.19. The van der Waals surface area contributed by atoms with Gasteiger partial charge in [-0.3, -0.25) is 4.72 Å². The van der Waals surface area contributed by atoms with Crippen LogP contribution in [0.2, 0.25) is 0 Å². The predicted molar refractivity (Wildman–Crippen MR) is 96.9 cm³/mol. The summed E-state index contributed by atoms with van der Waals surface area (Å²) in [6.07, 6.45) is 4.65. The standard InChI is InChI=1S/C18H19NO5S/c1-11-12(2)18(20)24-15-9-8-13(10-14(11)15)19-25(21,22)17-7-5-4-6-16(17)23-3/h5,7-10,19H,4,6H2,1-3H3. The molecule has 1 aromatic heterocycles. The molecule has 0 saturated carbocycles. The minimum absolute atomic E-state index is 0.133. The molecule has 25 heavy (non-hydrogen) atoms. The molecular formula is C18H19NO5S. The lowest BCUT2D eigenvalue weighted by Gasteiger charge is -2.16. The van der Waals surface area contributed by atoms with Crippen molar-refractivity contribution in [2.45, 2.75) is 26.7 Å². The molecule has 0 unspecified atom stereocenters. The summed E-state index contributed by atoms with van der Waals surface area (Å²) < 4.78 is 38.4. The van der Waals surface area contributed by atoms with E-state index in [1.165, 1.54) is 7.11 Å². The molecule has 0 amide bonds. The second-order valence-corrected chi connectivity index (χ2v) is 7.54. The van der Waals surface area contributed by atoms with Crippen molar-refractivity contribution in [2.24, 2.45) is 0 Å². The van der Waals surface area contributed by atoms with Crippen molar-refractivity contribution >= 4 is 26.7 Å². The van der Waals surface area contributed by atoms with Crippen molar-refractivity contribution in [3.8, 4) is 0 Å². The molecule has 6 nitrogen and oxygen atoms in total. The van der Waals surface area contributed by atoms with Gasteiger partial charge in [0.05, 0.1) is 7.11 Å². The highest BCUT2D eigenvalue weighted by atomic mass is 32.2. The number of methoxy groups -OCH3 is 1. The first-order valence-electron chi connectivity index (χ1n) is 7.84. The molecule has 0 aliphatic heterocycles. The molecule has 132 valence electrons. The van der Waals surface area contributed by atoms with E-state index in [1.807, 2.05) is 6.92 Å². The van der Waals surface area contributed by atoms with Gasteiger partial charge in [0.2, 0.25) is 0 Å². The van der Waals surface area contributed by atoms with Gasteiger partial charge in [0.1, 0.15) is 16.2 Å². The number of ether oxygens (including phenoxy) is 1. The molecule has 3 rings (SSSR count). The van der Waals surface area contributed by atoms with Crippen LogP contribution in [-0.2, 0) is 14.8 Å². The molecule has 2 aromatic rings. The van der Waals surface area contributed by atoms with Crippen LogP contribution >= 0.6 is 0 Å². The van der Waals surface area contributed by atoms with Crippen molar-refractivity contribution in [3.63, 3.8) is 0 Å². The Labute approximate surface area is 145 Å². The van der Waals surface area contributed by atoms with Gasteiger partial charge in [0.15, 0.2) is 0 Å². The smallest absolute Gasteiger partial charge is 0.339 e. The van der Waals surface area contributed by atoms with Gasteiger partial charge in [-0.1, -0.05) is 6.08 Å². The number of benzene rings is 1. The van der Waals surface area contributed by atoms with Gasteiger partial charge in [-0.15, -0.1) is 0 Å². The maximum Gasteiger partial charge on any atom is 0.339 e. The van der Waals surface area contributed by atoms with E-state index >= 15 is 0 Å². The zero-order valence-electron chi connectivity index (χ0n) is 14.3. The van der Waals surface area contributed by atoms with Crippen molar-refractivity contribution in [3.05, 3.63) is 62.6 Å². The summed E-state index contributed by atoms with van der Waals surface area (Å²) >= 11 is 0. The van der Waals surface area contributed by atoms with Crippen molar-refractivity contribution in [1.29, 1.82) is 0 Å². The Kier molecular flexibility index (Phi) is 4.43. The summed E-state index contributed by atoms with van der Waals surface area (Å²) in [5, 5.41) is 0.692. The summed E-state index contributed by atoms with van der Waals surface area (Å²) in [6.45, 7) is 3.49. The average Bonchev–Trinajstić information content (AvgIpc) is 2.60. The van der Waals surface area contributed by atoms with E-state index in [2.05, 4.69) is 4.72 Å². The monoisotopic (exact) mass is 361 g/mol. The normalized spacial score (nSPS) is 14.8. The molecule has 7 heteroatoms. The first kappa shape index (κ1) is 17.3. The molecule has 1 aromatic carbocycles. The van der Waals surface area contributed by atoms with E-state index in [4.69, 9.17) is 9.15 Å². The maximum atomic E-state index is 12.7. The minimum atomic E-state index is -3.77. The molecule has 0 atom stereocenters. The molecular weight excluding hydrogens is 342 g/mol. The number of nitrogens with one attached hydrogen (secondary N) is 1. The third-order valence-corrected chi connectivity index (χ3v) is 5.77. The third-order valence-electron chi connectivity index (χ3n) is 4.33. The van der Waals surface area contributed by atoms with Crippen LogP contribution in [0.4, 0.5) is 5.69 Å². The largest absolute Gasteiger partial charge is 0.500 e. The van der Waals surface area contributed by atoms with Crippen molar-refractivity contribution < 1.29 is 17.6 Å². The highest BCUT2D eigenvalue weighted by Gasteiger charge is 2.23. The average molecular weight is 361 g/mol. The highest BCUT2D eigenvalue weighted by molar-refractivity contribution is 7.96. The van der Waals surface area contributed by atoms with Gasteiger partial charge in [-0.05, 0) is 50.1 Å². The Morgan fingerprint density at radius 1 is 1.20 bits per heavy atom. The highest BCUT2D eigenvalue weighted by Crippen LogP contribution is 2.28. The van der Waals surface area contributed by atoms with Crippen LogP contribution in [0.25, 0.3) is 11.0 Å². The number of rotatable bonds is 4. The number of hydrogen-bond donors (Lipinski definition) is 1. The fourth-order valence-electron chi connectivity index (χ4n) is 2.78. The van der Waals surface area contributed by atoms with Crippen LogP contribution in [0.15, 0.2) is 50.2 Å². The van der Waals surface area contributed by atoms with Crippen molar-refractivity contribution in [1.82, 2.24) is 0 Å². The summed E-state index contributed by atoms with van der Waals surface area (Å²) in [4.78, 5) is 11.9. The Morgan fingerprint density at radius 3 is 2.68 bits per heavy atom. The van der Waals surface area contributed by atoms with Crippen LogP contribution in [0, 0.1) is 13.8 Å². The molecule has 0 radical (unpaired) electrons. The van der Waals surface area contributed by atoms with Crippen LogP contribution in [0.3, 0.4) is 0 Å². The summed E-state index contributed by atoms with van der Waals surface area (Å²) in [5.41, 5.74) is 1.70. The Morgan fingerprint density at radius 2 is 1.96 bits per heavy atom. The van der Waals surface area contributed by atoms with Gasteiger partial charge < -0.3 is 9.15 Å². The molecule has 0 saturated heterocycles. The second kappa shape index (κ2) is 6.40. The summed E-state index contributed by atoms with van der Waals surface area (Å²) in [5.74, 6) is 0.439. The molecule has 0 bridgehead atoms. The zero-order chi connectivity index (χ0) is 18.2. The first-order valence-corrected chi connectivity index (χ1v) is 9.32. The van der Waals surface area contributed by atoms with Crippen LogP contribution in [-0.4, -0.2) is 15.5 Å². The number of sulfonamides is 1. The van der Waals surface area contributed by atoms with E-state index < -0.39 is 10.0 Å². The summed E-state index contributed by atoms with van der Waals surface area (Å²) in [6, 6.07) is 4.82. The topological polar surface area (TPSA) is 85.6 Å². The van der Waals surface area contributed by atoms with Gasteiger partial charge in [-0.25, -0.2) is 13.2 Å². The van der Waals surface area contributed by atoms with E-state index in [-0.39, 0.29) is 10.5 Å². The lowest BCUT2D eigenvalue weighted by Crippen LogP contribution is -2.17. The fourth-order valence-corrected chi connectivity index (χ4v) is 4.09. The number of aryl methyl sites for hydroxylation is 1. The number of anilines is 1. The number of fused-ring (bicyclic) bond motifs is 1. The Hall–Kier alpha value is -2.54. The van der Waals surface area contributed by atoms with E-state index in [0.29, 0.717) is 34.4 Å². The second-order valence-electron chi connectivity index (χ2n) is 5.89. The van der Waals surface area contributed by atoms with Gasteiger partial charge >= 0.3 is 5.63 Å². The molecule has 0 fully saturated rings. The van der Waals surface area contributed by atoms with Crippen LogP contribution in [0.1, 0.15) is 24.0 Å². The Balaban J connectivity index is 2.05. The molecule has 1 aliphatic carbocycles. The van der Waals surface area contributed by atoms with Gasteiger partial charge in [0.25, 0.3) is 10.0 Å². The lowest BCUT2D eigenvalue weighted by atomic mass is 10.1. The number of allylic oxidation sites excluding steroid dienone is 3. The van der Waals surface area contributed by atoms with E-state index in [1.54, 1.807) is 37.3 Å². The Bertz CT molecular complexity index is 1060. The van der Waals surface area contributed by atoms with E-state index in [9.17, 15) is 13.2 Å². The van der Waals surface area contributed by atoms with Gasteiger partial charge in [0, 0.05) is 23.1 Å². The van der Waals surface area contributed by atoms with Crippen LogP contribution in [0.5, 0.6) is 0 Å². The van der Waals surface area contributed by atoms with Gasteiger partial charge in [-0.2, -0.15) is 0 Å². The van der Waals surface area contributed by atoms with Crippen LogP contribution < -0.4 is 10.3 Å². The zero-order valence-corrected chi connectivity index (χ0v) is 15.1.